The van der Waals surface area contributed by atoms with Crippen LogP contribution in [-0.2, 0) is 23.7 Å². The van der Waals surface area contributed by atoms with Crippen LogP contribution in [0, 0.1) is 6.85 Å². The first-order valence-electron chi connectivity index (χ1n) is 12.0. The normalized spacial score (nSPS) is 14.2. The molecule has 0 unspecified atom stereocenters. The van der Waals surface area contributed by atoms with Crippen molar-refractivity contribution >= 4 is 0 Å². The molecule has 0 atom stereocenters. The highest BCUT2D eigenvalue weighted by atomic mass is 14.2. The molecule has 0 amide bonds. The second-order valence-electron chi connectivity index (χ2n) is 10.3. The first-order chi connectivity index (χ1) is 14.7. The monoisotopic (exact) mass is 387 g/mol. The molecule has 3 aromatic carbocycles. The minimum atomic E-state index is -2.11. The van der Waals surface area contributed by atoms with Crippen LogP contribution in [0.25, 0.3) is 0 Å². The van der Waals surface area contributed by atoms with Gasteiger partial charge in [-0.3, -0.25) is 0 Å². The van der Waals surface area contributed by atoms with E-state index in [9.17, 15) is 0 Å². The topological polar surface area (TPSA) is 0 Å². The van der Waals surface area contributed by atoms with Crippen LogP contribution in [0.4, 0.5) is 0 Å². The van der Waals surface area contributed by atoms with Crippen LogP contribution in [0.1, 0.15) is 84.6 Å². The van der Waals surface area contributed by atoms with Gasteiger partial charge in [0.1, 0.15) is 0 Å². The van der Waals surface area contributed by atoms with E-state index in [1.165, 1.54) is 22.3 Å². The van der Waals surface area contributed by atoms with Gasteiger partial charge in [0.25, 0.3) is 0 Å². The second-order valence-corrected chi connectivity index (χ2v) is 10.3. The number of hydrogen-bond acceptors (Lipinski definition) is 0. The largest absolute Gasteiger partial charge is 0.0584 e. The fourth-order valence-corrected chi connectivity index (χ4v) is 3.68. The molecule has 152 valence electrons. The minimum absolute atomic E-state index is 0.120. The lowest BCUT2D eigenvalue weighted by Gasteiger charge is -2.19. The molecule has 0 saturated carbocycles. The fourth-order valence-electron chi connectivity index (χ4n) is 3.68. The van der Waals surface area contributed by atoms with Gasteiger partial charge in [-0.15, -0.1) is 0 Å². The highest BCUT2D eigenvalue weighted by molar-refractivity contribution is 5.38. The first-order valence-corrected chi connectivity index (χ1v) is 10.5. The quantitative estimate of drug-likeness (QED) is 0.429. The van der Waals surface area contributed by atoms with Crippen molar-refractivity contribution < 1.29 is 4.11 Å². The Hall–Kier alpha value is -2.34. The molecule has 0 radical (unpaired) electrons. The lowest BCUT2D eigenvalue weighted by atomic mass is 9.86. The maximum atomic E-state index is 7.95. The molecular weight excluding hydrogens is 348 g/mol. The summed E-state index contributed by atoms with van der Waals surface area (Å²) in [6, 6.07) is 23.2. The second kappa shape index (κ2) is 8.19. The molecule has 0 spiro atoms. The van der Waals surface area contributed by atoms with Crippen LogP contribution in [0.5, 0.6) is 0 Å². The van der Waals surface area contributed by atoms with Crippen LogP contribution in [0.3, 0.4) is 0 Å². The third-order valence-corrected chi connectivity index (χ3v) is 5.51. The van der Waals surface area contributed by atoms with Crippen molar-refractivity contribution in [2.24, 2.45) is 0 Å². The number of hydrogen-bond donors (Lipinski definition) is 0. The van der Waals surface area contributed by atoms with Crippen molar-refractivity contribution in [3.05, 3.63) is 106 Å². The van der Waals surface area contributed by atoms with Gasteiger partial charge in [0, 0.05) is 4.11 Å². The standard InChI is InChI=1S/C29H36/c1-21-16-24(18-22-8-12-26(13-9-22)28(2,3)4)20-25(17-21)19-23-10-14-27(15-11-23)29(5,6)7/h8-17,20H,18-19H2,1-7H3/i1D3. The summed E-state index contributed by atoms with van der Waals surface area (Å²) in [6.07, 6.45) is 1.45. The summed E-state index contributed by atoms with van der Waals surface area (Å²) in [4.78, 5) is 0. The van der Waals surface area contributed by atoms with Gasteiger partial charge >= 0.3 is 0 Å². The van der Waals surface area contributed by atoms with Gasteiger partial charge in [0.15, 0.2) is 0 Å². The maximum Gasteiger partial charge on any atom is 0.0280 e. The molecule has 3 rings (SSSR count). The molecule has 0 aliphatic heterocycles. The minimum Gasteiger partial charge on any atom is -0.0584 e. The van der Waals surface area contributed by atoms with Gasteiger partial charge in [-0.25, -0.2) is 0 Å². The van der Waals surface area contributed by atoms with Crippen molar-refractivity contribution in [2.75, 3.05) is 0 Å². The summed E-state index contributed by atoms with van der Waals surface area (Å²) >= 11 is 0. The smallest absolute Gasteiger partial charge is 0.0280 e. The van der Waals surface area contributed by atoms with Crippen molar-refractivity contribution in [3.63, 3.8) is 0 Å². The van der Waals surface area contributed by atoms with Crippen LogP contribution < -0.4 is 0 Å². The average Bonchev–Trinajstić information content (AvgIpc) is 2.66. The molecule has 0 heteroatoms. The van der Waals surface area contributed by atoms with Gasteiger partial charge in [-0.05, 0) is 63.9 Å². The van der Waals surface area contributed by atoms with Crippen LogP contribution in [0.2, 0.25) is 0 Å². The molecule has 3 aromatic rings. The Kier molecular flexibility index (Phi) is 4.94. The van der Waals surface area contributed by atoms with E-state index in [0.717, 1.165) is 24.0 Å². The van der Waals surface area contributed by atoms with Gasteiger partial charge in [-0.1, -0.05) is 114 Å². The zero-order chi connectivity index (χ0) is 23.7. The van der Waals surface area contributed by atoms with E-state index in [1.807, 2.05) is 12.1 Å². The molecule has 29 heavy (non-hydrogen) atoms. The molecule has 0 bridgehead atoms. The Morgan fingerprint density at radius 1 is 0.552 bits per heavy atom. The van der Waals surface area contributed by atoms with Gasteiger partial charge < -0.3 is 0 Å². The molecule has 0 nitrogen and oxygen atoms in total. The Balaban J connectivity index is 1.88. The number of aryl methyl sites for hydroxylation is 1. The molecule has 0 heterocycles. The van der Waals surface area contributed by atoms with Crippen molar-refractivity contribution in [3.8, 4) is 0 Å². The van der Waals surface area contributed by atoms with Crippen molar-refractivity contribution in [1.29, 1.82) is 0 Å². The highest BCUT2D eigenvalue weighted by Crippen LogP contribution is 2.25. The Labute approximate surface area is 182 Å². The molecule has 0 aliphatic rings. The molecular formula is C29H36. The average molecular weight is 388 g/mol. The SMILES string of the molecule is [2H]C([2H])([2H])c1cc(Cc2ccc(C(C)(C)C)cc2)cc(Cc2ccc(C(C)(C)C)cc2)c1. The van der Waals surface area contributed by atoms with Crippen molar-refractivity contribution in [1.82, 2.24) is 0 Å². The van der Waals surface area contributed by atoms with E-state index in [2.05, 4.69) is 96.1 Å². The molecule has 0 fully saturated rings. The summed E-state index contributed by atoms with van der Waals surface area (Å²) in [5.41, 5.74) is 7.75. The third kappa shape index (κ3) is 5.82. The van der Waals surface area contributed by atoms with Crippen LogP contribution in [0.15, 0.2) is 66.7 Å². The predicted octanol–water partition coefficient (Wildman–Crippen LogP) is 7.77. The summed E-state index contributed by atoms with van der Waals surface area (Å²) < 4.78 is 23.9. The number of benzene rings is 3. The zero-order valence-corrected chi connectivity index (χ0v) is 18.8. The summed E-state index contributed by atoms with van der Waals surface area (Å²) in [6.45, 7) is 11.1. The Bertz CT molecular complexity index is 964. The van der Waals surface area contributed by atoms with E-state index in [-0.39, 0.29) is 10.8 Å². The van der Waals surface area contributed by atoms with E-state index in [0.29, 0.717) is 5.56 Å². The van der Waals surface area contributed by atoms with Gasteiger partial charge in [0.2, 0.25) is 0 Å². The summed E-state index contributed by atoms with van der Waals surface area (Å²) in [5.74, 6) is 0. The zero-order valence-electron chi connectivity index (χ0n) is 21.8. The molecule has 0 aliphatic carbocycles. The summed E-state index contributed by atoms with van der Waals surface area (Å²) in [5, 5.41) is 0. The van der Waals surface area contributed by atoms with E-state index < -0.39 is 6.85 Å². The highest BCUT2D eigenvalue weighted by Gasteiger charge is 2.14. The van der Waals surface area contributed by atoms with Crippen molar-refractivity contribution in [2.45, 2.75) is 72.1 Å². The van der Waals surface area contributed by atoms with Crippen LogP contribution >= 0.6 is 0 Å². The van der Waals surface area contributed by atoms with E-state index >= 15 is 0 Å². The van der Waals surface area contributed by atoms with Crippen LogP contribution in [-0.4, -0.2) is 0 Å². The van der Waals surface area contributed by atoms with E-state index in [1.54, 1.807) is 0 Å². The molecule has 0 aromatic heterocycles. The maximum absolute atomic E-state index is 7.95. The molecule has 0 saturated heterocycles. The van der Waals surface area contributed by atoms with E-state index in [4.69, 9.17) is 4.11 Å². The Morgan fingerprint density at radius 2 is 0.931 bits per heavy atom. The van der Waals surface area contributed by atoms with Gasteiger partial charge in [-0.2, -0.15) is 0 Å². The first kappa shape index (κ1) is 17.5. The lowest BCUT2D eigenvalue weighted by molar-refractivity contribution is 0.590. The summed E-state index contributed by atoms with van der Waals surface area (Å²) in [7, 11) is 0. The predicted molar refractivity (Wildman–Crippen MR) is 127 cm³/mol. The lowest BCUT2D eigenvalue weighted by Crippen LogP contribution is -2.10. The Morgan fingerprint density at radius 3 is 1.24 bits per heavy atom. The third-order valence-electron chi connectivity index (χ3n) is 5.51. The number of rotatable bonds is 4. The fraction of sp³-hybridized carbons (Fsp3) is 0.379. The molecule has 0 N–H and O–H groups in total. The van der Waals surface area contributed by atoms with Gasteiger partial charge in [0.05, 0.1) is 0 Å².